The van der Waals surface area contributed by atoms with E-state index in [1.807, 2.05) is 75.4 Å². The summed E-state index contributed by atoms with van der Waals surface area (Å²) < 4.78 is 1.79. The maximum absolute atomic E-state index is 13.4. The molecular weight excluding hydrogens is 452 g/mol. The van der Waals surface area contributed by atoms with Crippen LogP contribution in [0.1, 0.15) is 61.3 Å². The fourth-order valence-electron chi connectivity index (χ4n) is 4.91. The van der Waals surface area contributed by atoms with Crippen LogP contribution < -0.4 is 0 Å². The summed E-state index contributed by atoms with van der Waals surface area (Å²) in [6.07, 6.45) is 2.53. The molecule has 3 aromatic rings. The highest BCUT2D eigenvalue weighted by atomic mass is 16.3. The molecule has 0 bridgehead atoms. The quantitative estimate of drug-likeness (QED) is 0.311. The van der Waals surface area contributed by atoms with Crippen molar-refractivity contribution in [3.63, 3.8) is 0 Å². The minimum Gasteiger partial charge on any atom is -0.505 e. The van der Waals surface area contributed by atoms with Crippen molar-refractivity contribution in [3.05, 3.63) is 76.2 Å². The third kappa shape index (κ3) is 4.55. The van der Waals surface area contributed by atoms with Crippen molar-refractivity contribution in [1.82, 2.24) is 19.2 Å². The maximum Gasteiger partial charge on any atom is 0.295 e. The van der Waals surface area contributed by atoms with E-state index >= 15 is 0 Å². The van der Waals surface area contributed by atoms with E-state index in [9.17, 15) is 14.7 Å². The Morgan fingerprint density at radius 1 is 1.08 bits per heavy atom. The van der Waals surface area contributed by atoms with Gasteiger partial charge in [-0.05, 0) is 69.1 Å². The number of carbonyl (C=O) groups is 2. The Labute approximate surface area is 213 Å². The first-order valence-corrected chi connectivity index (χ1v) is 12.4. The molecule has 1 aliphatic heterocycles. The first-order chi connectivity index (χ1) is 16.9. The molecule has 7 nitrogen and oxygen atoms in total. The van der Waals surface area contributed by atoms with Gasteiger partial charge in [0.05, 0.1) is 17.3 Å². The van der Waals surface area contributed by atoms with Gasteiger partial charge in [0.2, 0.25) is 0 Å². The highest BCUT2D eigenvalue weighted by molar-refractivity contribution is 6.46. The molecule has 0 aliphatic carbocycles. The molecule has 1 aromatic carbocycles. The van der Waals surface area contributed by atoms with Crippen molar-refractivity contribution in [2.24, 2.45) is 0 Å². The van der Waals surface area contributed by atoms with Crippen LogP contribution in [-0.4, -0.2) is 63.2 Å². The Morgan fingerprint density at radius 2 is 1.75 bits per heavy atom. The Hall–Kier alpha value is -3.45. The molecule has 4 rings (SSSR count). The number of aryl methyl sites for hydroxylation is 2. The lowest BCUT2D eigenvalue weighted by Crippen LogP contribution is -2.32. The smallest absolute Gasteiger partial charge is 0.295 e. The van der Waals surface area contributed by atoms with Crippen molar-refractivity contribution in [3.8, 4) is 0 Å². The van der Waals surface area contributed by atoms with Crippen LogP contribution in [0, 0.1) is 13.8 Å². The van der Waals surface area contributed by atoms with Gasteiger partial charge in [0, 0.05) is 12.7 Å². The molecule has 1 aliphatic rings. The number of rotatable bonds is 6. The fraction of sp³-hybridized carbons (Fsp3) is 0.414. The van der Waals surface area contributed by atoms with Gasteiger partial charge in [-0.15, -0.1) is 0 Å². The fourth-order valence-corrected chi connectivity index (χ4v) is 4.91. The average Bonchev–Trinajstić information content (AvgIpc) is 3.27. The number of ketones is 1. The van der Waals surface area contributed by atoms with Crippen LogP contribution in [0.5, 0.6) is 0 Å². The summed E-state index contributed by atoms with van der Waals surface area (Å²) in [5.74, 6) is -1.43. The Morgan fingerprint density at radius 3 is 2.36 bits per heavy atom. The van der Waals surface area contributed by atoms with Crippen molar-refractivity contribution in [2.45, 2.75) is 52.5 Å². The Kier molecular flexibility index (Phi) is 6.80. The standard InChI is InChI=1S/C29H36N4O3/c1-18-10-8-16-32-23(19(2)30-27(18)32)25(34)22-24(20-11-13-21(14-12-20)29(3,4)5)33(28(36)26(22)35)17-9-15-31(6)7/h8,10-14,16,24,34H,9,15,17H2,1-7H3. The van der Waals surface area contributed by atoms with Crippen LogP contribution >= 0.6 is 0 Å². The summed E-state index contributed by atoms with van der Waals surface area (Å²) in [5.41, 5.74) is 4.75. The number of Topliss-reactive ketones (excluding diaryl/α,β-unsaturated/α-hetero) is 1. The largest absolute Gasteiger partial charge is 0.505 e. The van der Waals surface area contributed by atoms with Crippen LogP contribution in [0.4, 0.5) is 0 Å². The number of hydrogen-bond acceptors (Lipinski definition) is 5. The lowest BCUT2D eigenvalue weighted by atomic mass is 9.85. The number of amides is 1. The molecule has 1 fully saturated rings. The minimum atomic E-state index is -0.670. The van der Waals surface area contributed by atoms with Gasteiger partial charge in [0.15, 0.2) is 5.76 Å². The van der Waals surface area contributed by atoms with Crippen molar-refractivity contribution >= 4 is 23.1 Å². The molecule has 190 valence electrons. The molecule has 0 saturated carbocycles. The second kappa shape index (κ2) is 9.54. The van der Waals surface area contributed by atoms with E-state index in [4.69, 9.17) is 0 Å². The third-order valence-electron chi connectivity index (χ3n) is 6.88. The average molecular weight is 489 g/mol. The summed E-state index contributed by atoms with van der Waals surface area (Å²) in [5, 5.41) is 11.6. The molecule has 1 atom stereocenters. The van der Waals surface area contributed by atoms with Crippen molar-refractivity contribution < 1.29 is 14.7 Å². The number of benzene rings is 1. The lowest BCUT2D eigenvalue weighted by molar-refractivity contribution is -0.139. The number of pyridine rings is 1. The van der Waals surface area contributed by atoms with Crippen LogP contribution in [0.15, 0.2) is 48.2 Å². The molecule has 0 spiro atoms. The molecule has 1 unspecified atom stereocenters. The van der Waals surface area contributed by atoms with Crippen molar-refractivity contribution in [2.75, 3.05) is 27.2 Å². The number of aliphatic hydroxyl groups excluding tert-OH is 1. The van der Waals surface area contributed by atoms with Gasteiger partial charge in [-0.3, -0.25) is 14.0 Å². The minimum absolute atomic E-state index is 0.0302. The number of imidazole rings is 1. The van der Waals surface area contributed by atoms with E-state index in [2.05, 4.69) is 25.8 Å². The van der Waals surface area contributed by atoms with E-state index in [1.54, 1.807) is 9.30 Å². The van der Waals surface area contributed by atoms with Gasteiger partial charge >= 0.3 is 0 Å². The molecule has 3 heterocycles. The number of aromatic nitrogens is 2. The zero-order valence-corrected chi connectivity index (χ0v) is 22.3. The van der Waals surface area contributed by atoms with Crippen LogP contribution in [0.2, 0.25) is 0 Å². The molecule has 1 N–H and O–H groups in total. The molecular formula is C29H36N4O3. The van der Waals surface area contributed by atoms with E-state index < -0.39 is 17.7 Å². The second-order valence-corrected chi connectivity index (χ2v) is 11.0. The zero-order valence-electron chi connectivity index (χ0n) is 22.3. The molecule has 0 radical (unpaired) electrons. The summed E-state index contributed by atoms with van der Waals surface area (Å²) >= 11 is 0. The Balaban J connectivity index is 1.89. The maximum atomic E-state index is 13.4. The normalized spacial score (nSPS) is 18.1. The first-order valence-electron chi connectivity index (χ1n) is 12.4. The number of aliphatic hydroxyl groups is 1. The van der Waals surface area contributed by atoms with E-state index in [0.29, 0.717) is 30.0 Å². The Bertz CT molecular complexity index is 1340. The highest BCUT2D eigenvalue weighted by Gasteiger charge is 2.46. The topological polar surface area (TPSA) is 78.1 Å². The number of likely N-dealkylation sites (tertiary alicyclic amines) is 1. The van der Waals surface area contributed by atoms with Gasteiger partial charge in [0.1, 0.15) is 11.3 Å². The molecule has 36 heavy (non-hydrogen) atoms. The summed E-state index contributed by atoms with van der Waals surface area (Å²) in [7, 11) is 3.96. The number of hydrogen-bond donors (Lipinski definition) is 1. The predicted molar refractivity (Wildman–Crippen MR) is 142 cm³/mol. The van der Waals surface area contributed by atoms with Gasteiger partial charge < -0.3 is 14.9 Å². The van der Waals surface area contributed by atoms with Gasteiger partial charge in [-0.1, -0.05) is 51.1 Å². The summed E-state index contributed by atoms with van der Waals surface area (Å²) in [4.78, 5) is 35.0. The van der Waals surface area contributed by atoms with Crippen LogP contribution in [0.3, 0.4) is 0 Å². The van der Waals surface area contributed by atoms with E-state index in [-0.39, 0.29) is 16.7 Å². The highest BCUT2D eigenvalue weighted by Crippen LogP contribution is 2.40. The number of fused-ring (bicyclic) bond motifs is 1. The summed E-state index contributed by atoms with van der Waals surface area (Å²) in [6.45, 7) is 11.4. The third-order valence-corrected chi connectivity index (χ3v) is 6.88. The predicted octanol–water partition coefficient (Wildman–Crippen LogP) is 4.62. The molecule has 7 heteroatoms. The number of nitrogens with zero attached hydrogens (tertiary/aromatic N) is 4. The second-order valence-electron chi connectivity index (χ2n) is 11.0. The van der Waals surface area contributed by atoms with E-state index in [0.717, 1.165) is 23.2 Å². The van der Waals surface area contributed by atoms with Crippen LogP contribution in [-0.2, 0) is 15.0 Å². The van der Waals surface area contributed by atoms with Gasteiger partial charge in [-0.2, -0.15) is 0 Å². The lowest BCUT2D eigenvalue weighted by Gasteiger charge is -2.27. The number of carbonyl (C=O) groups excluding carboxylic acids is 2. The monoisotopic (exact) mass is 488 g/mol. The SMILES string of the molecule is Cc1nc2c(C)cccn2c1C(O)=C1C(=O)C(=O)N(CCCN(C)C)C1c1ccc(C(C)(C)C)cc1. The molecule has 2 aromatic heterocycles. The van der Waals surface area contributed by atoms with Crippen molar-refractivity contribution in [1.29, 1.82) is 0 Å². The van der Waals surface area contributed by atoms with Gasteiger partial charge in [0.25, 0.3) is 11.7 Å². The molecule has 1 amide bonds. The molecule has 1 saturated heterocycles. The first kappa shape index (κ1) is 25.6. The van der Waals surface area contributed by atoms with Gasteiger partial charge in [-0.25, -0.2) is 4.98 Å². The van der Waals surface area contributed by atoms with Crippen LogP contribution in [0.25, 0.3) is 11.4 Å². The summed E-state index contributed by atoms with van der Waals surface area (Å²) in [6, 6.07) is 11.2. The van der Waals surface area contributed by atoms with E-state index in [1.165, 1.54) is 0 Å². The zero-order chi connectivity index (χ0) is 26.4.